The monoisotopic (exact) mass is 386 g/mol. The first kappa shape index (κ1) is 15.4. The maximum atomic E-state index is 11.3. The fourth-order valence-corrected chi connectivity index (χ4v) is 3.18. The Morgan fingerprint density at radius 3 is 2.47 bits per heavy atom. The van der Waals surface area contributed by atoms with Crippen LogP contribution in [0.15, 0.2) is 0 Å². The first-order valence-electron chi connectivity index (χ1n) is 6.15. The molecular formula is C12H19IO6. The van der Waals surface area contributed by atoms with Crippen LogP contribution in [0.25, 0.3) is 0 Å². The molecule has 110 valence electrons. The molecule has 19 heavy (non-hydrogen) atoms. The second kappa shape index (κ2) is 5.80. The van der Waals surface area contributed by atoms with E-state index in [0.29, 0.717) is 4.43 Å². The third-order valence-electron chi connectivity index (χ3n) is 3.12. The number of methoxy groups -OCH3 is 1. The van der Waals surface area contributed by atoms with Crippen LogP contribution < -0.4 is 0 Å². The lowest BCUT2D eigenvalue weighted by Crippen LogP contribution is -2.58. The SMILES string of the molecule is CO[C@H]1O[C@H](CI)[C@@H](OC(C)=O)[C@@H]2OC(C)(C)O[C@H]12. The molecule has 5 atom stereocenters. The molecule has 0 aromatic rings. The molecule has 0 unspecified atom stereocenters. The molecule has 0 aliphatic carbocycles. The van der Waals surface area contributed by atoms with Crippen molar-refractivity contribution in [3.05, 3.63) is 0 Å². The van der Waals surface area contributed by atoms with Gasteiger partial charge >= 0.3 is 5.97 Å². The molecule has 0 saturated carbocycles. The number of ether oxygens (including phenoxy) is 5. The Hall–Kier alpha value is 0.0400. The van der Waals surface area contributed by atoms with Gasteiger partial charge in [0.25, 0.3) is 0 Å². The molecule has 0 radical (unpaired) electrons. The molecule has 2 heterocycles. The smallest absolute Gasteiger partial charge is 0.303 e. The van der Waals surface area contributed by atoms with Gasteiger partial charge in [-0.15, -0.1) is 0 Å². The fourth-order valence-electron chi connectivity index (χ4n) is 2.47. The quantitative estimate of drug-likeness (QED) is 0.413. The van der Waals surface area contributed by atoms with Crippen molar-refractivity contribution in [3.8, 4) is 0 Å². The van der Waals surface area contributed by atoms with Gasteiger partial charge in [0.05, 0.1) is 0 Å². The van der Waals surface area contributed by atoms with Gasteiger partial charge in [-0.25, -0.2) is 0 Å². The van der Waals surface area contributed by atoms with Gasteiger partial charge in [-0.1, -0.05) is 22.6 Å². The number of halogens is 1. The Balaban J connectivity index is 2.23. The van der Waals surface area contributed by atoms with Crippen LogP contribution in [0.2, 0.25) is 0 Å². The van der Waals surface area contributed by atoms with Crippen LogP contribution >= 0.6 is 22.6 Å². The summed E-state index contributed by atoms with van der Waals surface area (Å²) in [5.74, 6) is -1.10. The highest BCUT2D eigenvalue weighted by atomic mass is 127. The van der Waals surface area contributed by atoms with Gasteiger partial charge in [-0.05, 0) is 13.8 Å². The van der Waals surface area contributed by atoms with Gasteiger partial charge in [-0.2, -0.15) is 0 Å². The van der Waals surface area contributed by atoms with Crippen LogP contribution in [0.1, 0.15) is 20.8 Å². The van der Waals surface area contributed by atoms with Crippen molar-refractivity contribution in [2.45, 2.75) is 57.3 Å². The van der Waals surface area contributed by atoms with E-state index in [0.717, 1.165) is 0 Å². The lowest BCUT2D eigenvalue weighted by Gasteiger charge is -2.40. The summed E-state index contributed by atoms with van der Waals surface area (Å²) in [5.41, 5.74) is 0. The molecule has 0 N–H and O–H groups in total. The van der Waals surface area contributed by atoms with Gasteiger partial charge in [-0.3, -0.25) is 4.79 Å². The minimum absolute atomic E-state index is 0.270. The van der Waals surface area contributed by atoms with Crippen molar-refractivity contribution in [3.63, 3.8) is 0 Å². The molecule has 0 spiro atoms. The van der Waals surface area contributed by atoms with Crippen molar-refractivity contribution in [2.75, 3.05) is 11.5 Å². The van der Waals surface area contributed by atoms with Crippen molar-refractivity contribution in [1.29, 1.82) is 0 Å². The van der Waals surface area contributed by atoms with E-state index in [4.69, 9.17) is 23.7 Å². The third-order valence-corrected chi connectivity index (χ3v) is 3.99. The highest BCUT2D eigenvalue weighted by Crippen LogP contribution is 2.39. The van der Waals surface area contributed by atoms with Crippen LogP contribution in [0.3, 0.4) is 0 Å². The van der Waals surface area contributed by atoms with Gasteiger partial charge in [0.1, 0.15) is 18.3 Å². The zero-order valence-corrected chi connectivity index (χ0v) is 13.6. The number of carbonyl (C=O) groups is 1. The molecule has 6 nitrogen and oxygen atoms in total. The highest BCUT2D eigenvalue weighted by molar-refractivity contribution is 14.1. The zero-order valence-electron chi connectivity index (χ0n) is 11.4. The van der Waals surface area contributed by atoms with E-state index in [1.54, 1.807) is 7.11 Å². The molecule has 2 aliphatic rings. The number of esters is 1. The summed E-state index contributed by atoms with van der Waals surface area (Å²) in [6.07, 6.45) is -2.04. The largest absolute Gasteiger partial charge is 0.457 e. The molecule has 0 aromatic heterocycles. The Bertz CT molecular complexity index is 347. The number of alkyl halides is 1. The Kier molecular flexibility index (Phi) is 4.71. The summed E-state index contributed by atoms with van der Waals surface area (Å²) in [6, 6.07) is 0. The number of carbonyl (C=O) groups excluding carboxylic acids is 1. The van der Waals surface area contributed by atoms with E-state index in [1.807, 2.05) is 13.8 Å². The normalized spacial score (nSPS) is 40.8. The fraction of sp³-hybridized carbons (Fsp3) is 0.917. The molecule has 2 rings (SSSR count). The average molecular weight is 386 g/mol. The van der Waals surface area contributed by atoms with Gasteiger partial charge in [0.2, 0.25) is 0 Å². The second-order valence-corrected chi connectivity index (χ2v) is 5.95. The molecule has 2 saturated heterocycles. The first-order chi connectivity index (χ1) is 8.88. The molecular weight excluding hydrogens is 367 g/mol. The van der Waals surface area contributed by atoms with Crippen molar-refractivity contribution in [1.82, 2.24) is 0 Å². The molecule has 2 aliphatic heterocycles. The summed E-state index contributed by atoms with van der Waals surface area (Å²) in [7, 11) is 1.56. The van der Waals surface area contributed by atoms with Crippen molar-refractivity contribution in [2.24, 2.45) is 0 Å². The van der Waals surface area contributed by atoms with Crippen LogP contribution in [0.4, 0.5) is 0 Å². The maximum absolute atomic E-state index is 11.3. The maximum Gasteiger partial charge on any atom is 0.303 e. The van der Waals surface area contributed by atoms with E-state index in [-0.39, 0.29) is 18.2 Å². The molecule has 0 bridgehead atoms. The summed E-state index contributed by atoms with van der Waals surface area (Å²) < 4.78 is 28.8. The van der Waals surface area contributed by atoms with E-state index in [1.165, 1.54) is 6.92 Å². The van der Waals surface area contributed by atoms with Crippen LogP contribution in [0.5, 0.6) is 0 Å². The molecule has 0 aromatic carbocycles. The summed E-state index contributed by atoms with van der Waals surface area (Å²) in [4.78, 5) is 11.3. The van der Waals surface area contributed by atoms with Crippen LogP contribution in [-0.4, -0.2) is 54.0 Å². The van der Waals surface area contributed by atoms with E-state index in [2.05, 4.69) is 22.6 Å². The summed E-state index contributed by atoms with van der Waals surface area (Å²) in [5, 5.41) is 0. The molecule has 2 fully saturated rings. The zero-order chi connectivity index (χ0) is 14.2. The average Bonchev–Trinajstić information content (AvgIpc) is 2.64. The number of hydrogen-bond acceptors (Lipinski definition) is 6. The number of fused-ring (bicyclic) bond motifs is 1. The van der Waals surface area contributed by atoms with E-state index in [9.17, 15) is 4.79 Å². The summed E-state index contributed by atoms with van der Waals surface area (Å²) in [6.45, 7) is 5.02. The van der Waals surface area contributed by atoms with Crippen molar-refractivity contribution >= 4 is 28.6 Å². The van der Waals surface area contributed by atoms with Crippen LogP contribution in [-0.2, 0) is 28.5 Å². The molecule has 0 amide bonds. The minimum atomic E-state index is -0.742. The third kappa shape index (κ3) is 3.21. The highest BCUT2D eigenvalue weighted by Gasteiger charge is 2.56. The van der Waals surface area contributed by atoms with Gasteiger partial charge < -0.3 is 23.7 Å². The van der Waals surface area contributed by atoms with Crippen LogP contribution in [0, 0.1) is 0 Å². The summed E-state index contributed by atoms with van der Waals surface area (Å²) >= 11 is 2.19. The van der Waals surface area contributed by atoms with Gasteiger partial charge in [0.15, 0.2) is 18.2 Å². The standard InChI is InChI=1S/C12H19IO6/c1-6(14)16-8-7(5-13)17-11(15-4)10-9(8)18-12(2,3)19-10/h7-11H,5H2,1-4H3/t7-,8-,9+,10+,11+/m1/s1. The second-order valence-electron chi connectivity index (χ2n) is 5.07. The Morgan fingerprint density at radius 2 is 1.95 bits per heavy atom. The predicted molar refractivity (Wildman–Crippen MR) is 73.9 cm³/mol. The topological polar surface area (TPSA) is 63.2 Å². The number of hydrogen-bond donors (Lipinski definition) is 0. The van der Waals surface area contributed by atoms with E-state index < -0.39 is 24.3 Å². The lowest BCUT2D eigenvalue weighted by atomic mass is 10.00. The molecule has 7 heteroatoms. The minimum Gasteiger partial charge on any atom is -0.457 e. The Labute approximate surface area is 126 Å². The number of rotatable bonds is 3. The Morgan fingerprint density at radius 1 is 1.32 bits per heavy atom. The van der Waals surface area contributed by atoms with E-state index >= 15 is 0 Å². The lowest BCUT2D eigenvalue weighted by molar-refractivity contribution is -0.264. The van der Waals surface area contributed by atoms with Crippen molar-refractivity contribution < 1.29 is 28.5 Å². The predicted octanol–water partition coefficient (Wildman–Crippen LogP) is 1.24. The van der Waals surface area contributed by atoms with Gasteiger partial charge in [0, 0.05) is 18.5 Å². The first-order valence-corrected chi connectivity index (χ1v) is 7.67.